The van der Waals surface area contributed by atoms with Gasteiger partial charge in [0.15, 0.2) is 0 Å². The zero-order valence-electron chi connectivity index (χ0n) is 18.1. The summed E-state index contributed by atoms with van der Waals surface area (Å²) >= 11 is 0. The van der Waals surface area contributed by atoms with Crippen molar-refractivity contribution in [1.82, 2.24) is 5.32 Å². The van der Waals surface area contributed by atoms with Crippen LogP contribution in [0.5, 0.6) is 17.2 Å². The van der Waals surface area contributed by atoms with Crippen molar-refractivity contribution in [2.45, 2.75) is 13.0 Å². The van der Waals surface area contributed by atoms with E-state index in [1.807, 2.05) is 0 Å². The smallest absolute Gasteiger partial charge is 0.255 e. The summed E-state index contributed by atoms with van der Waals surface area (Å²) in [4.78, 5) is 24.9. The second-order valence-corrected chi connectivity index (χ2v) is 7.15. The lowest BCUT2D eigenvalue weighted by Gasteiger charge is -2.18. The van der Waals surface area contributed by atoms with Crippen molar-refractivity contribution in [3.8, 4) is 17.2 Å². The minimum absolute atomic E-state index is 0.0240. The molecule has 3 N–H and O–H groups in total. The highest BCUT2D eigenvalue weighted by Gasteiger charge is 2.19. The van der Waals surface area contributed by atoms with Crippen molar-refractivity contribution >= 4 is 17.5 Å². The van der Waals surface area contributed by atoms with Gasteiger partial charge in [-0.25, -0.2) is 8.78 Å². The number of amides is 2. The van der Waals surface area contributed by atoms with Gasteiger partial charge in [0.25, 0.3) is 11.8 Å². The van der Waals surface area contributed by atoms with E-state index in [0.717, 1.165) is 12.1 Å². The van der Waals surface area contributed by atoms with Gasteiger partial charge >= 0.3 is 0 Å². The lowest BCUT2D eigenvalue weighted by atomic mass is 10.1. The quantitative estimate of drug-likeness (QED) is 0.489. The van der Waals surface area contributed by atoms with Gasteiger partial charge < -0.3 is 25.2 Å². The fourth-order valence-corrected chi connectivity index (χ4v) is 3.22. The molecule has 0 heterocycles. The van der Waals surface area contributed by atoms with Crippen molar-refractivity contribution < 1.29 is 33.0 Å². The Hall–Kier alpha value is -4.14. The zero-order valence-corrected chi connectivity index (χ0v) is 18.1. The summed E-state index contributed by atoms with van der Waals surface area (Å²) < 4.78 is 37.2. The van der Waals surface area contributed by atoms with Crippen LogP contribution in [0, 0.1) is 11.6 Å². The number of hydrogen-bond acceptors (Lipinski definition) is 5. The summed E-state index contributed by atoms with van der Waals surface area (Å²) in [6, 6.07) is 11.0. The lowest BCUT2D eigenvalue weighted by molar-refractivity contribution is 0.0936. The molecule has 0 aliphatic carbocycles. The second kappa shape index (κ2) is 9.99. The lowest BCUT2D eigenvalue weighted by Crippen LogP contribution is -2.27. The summed E-state index contributed by atoms with van der Waals surface area (Å²) in [6.07, 6.45) is 0. The average molecular weight is 456 g/mol. The first-order valence-corrected chi connectivity index (χ1v) is 9.85. The number of carbonyl (C=O) groups is 2. The molecule has 3 rings (SSSR count). The molecule has 0 aliphatic rings. The van der Waals surface area contributed by atoms with Crippen LogP contribution in [0.2, 0.25) is 0 Å². The third-order valence-corrected chi connectivity index (χ3v) is 4.88. The third-order valence-electron chi connectivity index (χ3n) is 4.88. The molecule has 0 aromatic heterocycles. The molecule has 2 amide bonds. The SMILES string of the molecule is COc1ccc(C(C)NC(=O)c2ccc(NC(=O)c3cc(F)cc(F)c3)cc2O)c(OC)c1. The van der Waals surface area contributed by atoms with Crippen LogP contribution in [0.15, 0.2) is 54.6 Å². The number of ether oxygens (including phenoxy) is 2. The van der Waals surface area contributed by atoms with Crippen LogP contribution < -0.4 is 20.1 Å². The fraction of sp³-hybridized carbons (Fsp3) is 0.167. The van der Waals surface area contributed by atoms with Crippen molar-refractivity contribution in [2.75, 3.05) is 19.5 Å². The Morgan fingerprint density at radius 1 is 0.909 bits per heavy atom. The number of halogens is 2. The Labute approximate surface area is 189 Å². The third kappa shape index (κ3) is 5.57. The van der Waals surface area contributed by atoms with E-state index in [1.165, 1.54) is 32.4 Å². The fourth-order valence-electron chi connectivity index (χ4n) is 3.22. The Balaban J connectivity index is 1.73. The van der Waals surface area contributed by atoms with E-state index in [9.17, 15) is 23.5 Å². The summed E-state index contributed by atoms with van der Waals surface area (Å²) in [5, 5.41) is 15.5. The monoisotopic (exact) mass is 456 g/mol. The summed E-state index contributed by atoms with van der Waals surface area (Å²) in [5.41, 5.74) is 0.598. The molecular formula is C24H22F2N2O5. The van der Waals surface area contributed by atoms with Gasteiger partial charge in [0.1, 0.15) is 28.9 Å². The standard InChI is InChI=1S/C24H22F2N2O5/c1-13(19-7-5-18(32-2)12-22(19)33-3)27-24(31)20-6-4-17(11-21(20)29)28-23(30)14-8-15(25)10-16(26)9-14/h4-13,29H,1-3H3,(H,27,31)(H,28,30). The molecule has 3 aromatic rings. The summed E-state index contributed by atoms with van der Waals surface area (Å²) in [6.45, 7) is 1.76. The van der Waals surface area contributed by atoms with Gasteiger partial charge in [0.05, 0.1) is 25.8 Å². The number of aromatic hydroxyl groups is 1. The first-order valence-electron chi connectivity index (χ1n) is 9.85. The average Bonchev–Trinajstić information content (AvgIpc) is 2.77. The van der Waals surface area contributed by atoms with Crippen molar-refractivity contribution in [1.29, 1.82) is 0 Å². The molecule has 0 fully saturated rings. The largest absolute Gasteiger partial charge is 0.507 e. The highest BCUT2D eigenvalue weighted by atomic mass is 19.1. The number of benzene rings is 3. The number of hydrogen-bond donors (Lipinski definition) is 3. The number of rotatable bonds is 7. The van der Waals surface area contributed by atoms with Gasteiger partial charge in [-0.2, -0.15) is 0 Å². The van der Waals surface area contributed by atoms with E-state index in [-0.39, 0.29) is 22.6 Å². The minimum atomic E-state index is -0.891. The molecule has 0 saturated heterocycles. The van der Waals surface area contributed by atoms with Gasteiger partial charge in [-0.3, -0.25) is 9.59 Å². The Morgan fingerprint density at radius 2 is 1.61 bits per heavy atom. The second-order valence-electron chi connectivity index (χ2n) is 7.15. The molecule has 9 heteroatoms. The van der Waals surface area contributed by atoms with Crippen LogP contribution in [-0.2, 0) is 0 Å². The van der Waals surface area contributed by atoms with Gasteiger partial charge in [-0.1, -0.05) is 0 Å². The Bertz CT molecular complexity index is 1180. The van der Waals surface area contributed by atoms with E-state index >= 15 is 0 Å². The molecule has 33 heavy (non-hydrogen) atoms. The first kappa shape index (κ1) is 23.5. The molecular weight excluding hydrogens is 434 g/mol. The van der Waals surface area contributed by atoms with E-state index < -0.39 is 29.5 Å². The van der Waals surface area contributed by atoms with Crippen molar-refractivity contribution in [3.63, 3.8) is 0 Å². The number of anilines is 1. The van der Waals surface area contributed by atoms with Crippen LogP contribution in [-0.4, -0.2) is 31.1 Å². The minimum Gasteiger partial charge on any atom is -0.507 e. The number of nitrogens with one attached hydrogen (secondary N) is 2. The molecule has 0 spiro atoms. The van der Waals surface area contributed by atoms with E-state index in [1.54, 1.807) is 25.1 Å². The normalized spacial score (nSPS) is 11.4. The topological polar surface area (TPSA) is 96.9 Å². The molecule has 0 aliphatic heterocycles. The van der Waals surface area contributed by atoms with Gasteiger partial charge in [-0.15, -0.1) is 0 Å². The zero-order chi connectivity index (χ0) is 24.1. The van der Waals surface area contributed by atoms with Crippen molar-refractivity contribution in [2.24, 2.45) is 0 Å². The number of methoxy groups -OCH3 is 2. The highest BCUT2D eigenvalue weighted by molar-refractivity contribution is 6.05. The summed E-state index contributed by atoms with van der Waals surface area (Å²) in [5.74, 6) is -2.36. The molecule has 0 radical (unpaired) electrons. The van der Waals surface area contributed by atoms with Gasteiger partial charge in [0, 0.05) is 35.0 Å². The van der Waals surface area contributed by atoms with Crippen LogP contribution in [0.3, 0.4) is 0 Å². The van der Waals surface area contributed by atoms with E-state index in [2.05, 4.69) is 10.6 Å². The van der Waals surface area contributed by atoms with E-state index in [0.29, 0.717) is 23.1 Å². The maximum absolute atomic E-state index is 13.3. The number of carbonyl (C=O) groups excluding carboxylic acids is 2. The predicted molar refractivity (Wildman–Crippen MR) is 118 cm³/mol. The maximum atomic E-state index is 13.3. The molecule has 0 saturated carbocycles. The van der Waals surface area contributed by atoms with Gasteiger partial charge in [-0.05, 0) is 43.3 Å². The molecule has 3 aromatic carbocycles. The van der Waals surface area contributed by atoms with E-state index in [4.69, 9.17) is 9.47 Å². The highest BCUT2D eigenvalue weighted by Crippen LogP contribution is 2.30. The summed E-state index contributed by atoms with van der Waals surface area (Å²) in [7, 11) is 3.04. The molecule has 1 unspecified atom stereocenters. The molecule has 0 bridgehead atoms. The maximum Gasteiger partial charge on any atom is 0.255 e. The van der Waals surface area contributed by atoms with Gasteiger partial charge in [0.2, 0.25) is 0 Å². The predicted octanol–water partition coefficient (Wildman–Crippen LogP) is 4.43. The van der Waals surface area contributed by atoms with Crippen LogP contribution in [0.4, 0.5) is 14.5 Å². The Morgan fingerprint density at radius 3 is 2.21 bits per heavy atom. The number of phenols is 1. The molecule has 172 valence electrons. The van der Waals surface area contributed by atoms with Crippen molar-refractivity contribution in [3.05, 3.63) is 82.9 Å². The Kier molecular flexibility index (Phi) is 7.12. The first-order chi connectivity index (χ1) is 15.7. The van der Waals surface area contributed by atoms with Crippen LogP contribution in [0.1, 0.15) is 39.2 Å². The molecule has 1 atom stereocenters. The number of phenolic OH excluding ortho intramolecular Hbond substituents is 1. The molecule has 7 nitrogen and oxygen atoms in total. The van der Waals surface area contributed by atoms with Crippen LogP contribution >= 0.6 is 0 Å². The van der Waals surface area contributed by atoms with Crippen LogP contribution in [0.25, 0.3) is 0 Å².